The van der Waals surface area contributed by atoms with Crippen molar-refractivity contribution in [3.63, 3.8) is 0 Å². The minimum absolute atomic E-state index is 0.136. The Morgan fingerprint density at radius 2 is 1.79 bits per heavy atom. The molecule has 0 saturated carbocycles. The molecule has 38 heavy (non-hydrogen) atoms. The monoisotopic (exact) mass is 536 g/mol. The van der Waals surface area contributed by atoms with E-state index in [0.717, 1.165) is 48.6 Å². The van der Waals surface area contributed by atoms with Crippen molar-refractivity contribution in [2.75, 3.05) is 24.9 Å². The zero-order chi connectivity index (χ0) is 26.5. The van der Waals surface area contributed by atoms with Crippen molar-refractivity contribution in [1.29, 1.82) is 0 Å². The van der Waals surface area contributed by atoms with E-state index in [9.17, 15) is 9.18 Å². The van der Waals surface area contributed by atoms with Gasteiger partial charge in [0, 0.05) is 55.4 Å². The topological polar surface area (TPSA) is 68.1 Å². The SMILES string of the molecule is CCc1nc2cc(Cl)ccn2c1C(=O)NCc1ccc(N2CCC(Oc3ccc(OCF)cc3)CC2)cc1. The largest absolute Gasteiger partial charge is 0.490 e. The molecule has 1 amide bonds. The number of nitrogens with one attached hydrogen (secondary N) is 1. The maximum Gasteiger partial charge on any atom is 0.270 e. The van der Waals surface area contributed by atoms with E-state index in [1.54, 1.807) is 34.9 Å². The van der Waals surface area contributed by atoms with E-state index in [4.69, 9.17) is 21.1 Å². The molecule has 198 valence electrons. The van der Waals surface area contributed by atoms with E-state index in [2.05, 4.69) is 27.3 Å². The van der Waals surface area contributed by atoms with E-state index in [1.165, 1.54) is 0 Å². The molecule has 7 nitrogen and oxygen atoms in total. The van der Waals surface area contributed by atoms with Crippen LogP contribution in [0.1, 0.15) is 41.5 Å². The number of benzene rings is 2. The predicted molar refractivity (Wildman–Crippen MR) is 146 cm³/mol. The Morgan fingerprint density at radius 3 is 2.47 bits per heavy atom. The first-order chi connectivity index (χ1) is 18.5. The number of halogens is 2. The van der Waals surface area contributed by atoms with Crippen LogP contribution in [0.15, 0.2) is 66.9 Å². The number of anilines is 1. The average molecular weight is 537 g/mol. The van der Waals surface area contributed by atoms with Gasteiger partial charge in [-0.3, -0.25) is 9.20 Å². The summed E-state index contributed by atoms with van der Waals surface area (Å²) in [5.74, 6) is 1.09. The molecule has 9 heteroatoms. The van der Waals surface area contributed by atoms with Gasteiger partial charge in [0.05, 0.1) is 5.69 Å². The zero-order valence-electron chi connectivity index (χ0n) is 21.2. The lowest BCUT2D eigenvalue weighted by Crippen LogP contribution is -2.38. The van der Waals surface area contributed by atoms with Gasteiger partial charge in [0.2, 0.25) is 6.86 Å². The summed E-state index contributed by atoms with van der Waals surface area (Å²) in [5.41, 5.74) is 4.13. The molecular weight excluding hydrogens is 507 g/mol. The van der Waals surface area contributed by atoms with Crippen molar-refractivity contribution in [3.05, 3.63) is 88.8 Å². The number of nitrogens with zero attached hydrogens (tertiary/aromatic N) is 3. The minimum atomic E-state index is -0.840. The molecule has 5 rings (SSSR count). The third-order valence-electron chi connectivity index (χ3n) is 6.75. The molecule has 0 unspecified atom stereocenters. The van der Waals surface area contributed by atoms with Gasteiger partial charge in [0.15, 0.2) is 0 Å². The van der Waals surface area contributed by atoms with Crippen molar-refractivity contribution in [1.82, 2.24) is 14.7 Å². The maximum atomic E-state index is 13.0. The average Bonchev–Trinajstić information content (AvgIpc) is 3.31. The van der Waals surface area contributed by atoms with Crippen LogP contribution in [0.2, 0.25) is 5.02 Å². The van der Waals surface area contributed by atoms with E-state index >= 15 is 0 Å². The van der Waals surface area contributed by atoms with Crippen molar-refractivity contribution in [3.8, 4) is 11.5 Å². The van der Waals surface area contributed by atoms with Crippen molar-refractivity contribution in [2.24, 2.45) is 0 Å². The van der Waals surface area contributed by atoms with Crippen LogP contribution in [-0.2, 0) is 13.0 Å². The van der Waals surface area contributed by atoms with Crippen LogP contribution in [0.25, 0.3) is 5.65 Å². The molecule has 1 N–H and O–H groups in total. The molecule has 0 atom stereocenters. The second-order valence-electron chi connectivity index (χ2n) is 9.21. The Labute approximate surface area is 226 Å². The van der Waals surface area contributed by atoms with Crippen molar-refractivity contribution in [2.45, 2.75) is 38.8 Å². The summed E-state index contributed by atoms with van der Waals surface area (Å²) in [6.07, 6.45) is 4.38. The highest BCUT2D eigenvalue weighted by atomic mass is 35.5. The molecule has 1 aliphatic heterocycles. The van der Waals surface area contributed by atoms with Crippen LogP contribution >= 0.6 is 11.6 Å². The number of aryl methyl sites for hydroxylation is 1. The number of aromatic nitrogens is 2. The number of rotatable bonds is 9. The van der Waals surface area contributed by atoms with Gasteiger partial charge in [0.1, 0.15) is 28.9 Å². The normalized spacial score (nSPS) is 14.0. The maximum absolute atomic E-state index is 13.0. The van der Waals surface area contributed by atoms with Gasteiger partial charge in [-0.25, -0.2) is 9.37 Å². The number of hydrogen-bond donors (Lipinski definition) is 1. The first-order valence-electron chi connectivity index (χ1n) is 12.8. The molecule has 0 aliphatic carbocycles. The van der Waals surface area contributed by atoms with Gasteiger partial charge in [-0.2, -0.15) is 0 Å². The van der Waals surface area contributed by atoms with E-state index in [-0.39, 0.29) is 12.0 Å². The number of ether oxygens (including phenoxy) is 2. The Morgan fingerprint density at radius 1 is 1.08 bits per heavy atom. The van der Waals surface area contributed by atoms with E-state index in [0.29, 0.717) is 35.1 Å². The molecule has 1 saturated heterocycles. The smallest absolute Gasteiger partial charge is 0.270 e. The van der Waals surface area contributed by atoms with Gasteiger partial charge in [-0.05, 0) is 54.4 Å². The number of pyridine rings is 1. The lowest BCUT2D eigenvalue weighted by molar-refractivity contribution is 0.0944. The fourth-order valence-corrected chi connectivity index (χ4v) is 4.90. The summed E-state index contributed by atoms with van der Waals surface area (Å²) >= 11 is 6.09. The Kier molecular flexibility index (Phi) is 7.98. The molecule has 1 aliphatic rings. The summed E-state index contributed by atoms with van der Waals surface area (Å²) in [4.78, 5) is 19.9. The molecular formula is C29H30ClFN4O3. The van der Waals surface area contributed by atoms with Gasteiger partial charge < -0.3 is 19.7 Å². The van der Waals surface area contributed by atoms with Crippen molar-refractivity contribution < 1.29 is 18.7 Å². The molecule has 0 radical (unpaired) electrons. The molecule has 2 aromatic carbocycles. The first-order valence-corrected chi connectivity index (χ1v) is 13.2. The molecule has 0 spiro atoms. The molecule has 0 bridgehead atoms. The number of amides is 1. The lowest BCUT2D eigenvalue weighted by Gasteiger charge is -2.33. The number of carbonyl (C=O) groups excluding carboxylic acids is 1. The van der Waals surface area contributed by atoms with E-state index in [1.807, 2.05) is 31.2 Å². The predicted octanol–water partition coefficient (Wildman–Crippen LogP) is 5.83. The summed E-state index contributed by atoms with van der Waals surface area (Å²) in [6.45, 7) is 3.35. The highest BCUT2D eigenvalue weighted by molar-refractivity contribution is 6.30. The minimum Gasteiger partial charge on any atom is -0.490 e. The Balaban J connectivity index is 1.13. The number of piperidine rings is 1. The summed E-state index contributed by atoms with van der Waals surface area (Å²) in [6, 6.07) is 18.8. The zero-order valence-corrected chi connectivity index (χ0v) is 22.0. The summed E-state index contributed by atoms with van der Waals surface area (Å²) < 4.78 is 25.0. The van der Waals surface area contributed by atoms with Crippen LogP contribution < -0.4 is 19.7 Å². The molecule has 4 aromatic rings. The summed E-state index contributed by atoms with van der Waals surface area (Å²) in [5, 5.41) is 3.62. The van der Waals surface area contributed by atoms with Crippen molar-refractivity contribution >= 4 is 28.8 Å². The highest BCUT2D eigenvalue weighted by Crippen LogP contribution is 2.25. The van der Waals surface area contributed by atoms with Gasteiger partial charge >= 0.3 is 0 Å². The van der Waals surface area contributed by atoms with Crippen LogP contribution in [-0.4, -0.2) is 41.3 Å². The molecule has 3 heterocycles. The summed E-state index contributed by atoms with van der Waals surface area (Å²) in [7, 11) is 0. The Bertz CT molecular complexity index is 1380. The van der Waals surface area contributed by atoms with Crippen LogP contribution in [0.4, 0.5) is 10.1 Å². The third kappa shape index (κ3) is 5.86. The number of fused-ring (bicyclic) bond motifs is 1. The fraction of sp³-hybridized carbons (Fsp3) is 0.310. The van der Waals surface area contributed by atoms with Crippen LogP contribution in [0.3, 0.4) is 0 Å². The standard InChI is InChI=1S/C29H30ClFN4O3/c1-2-26-28(35-16-11-21(30)17-27(35)33-26)29(36)32-18-20-3-5-22(6-4-20)34-14-12-25(13-15-34)38-24-9-7-23(8-10-24)37-19-31/h3-11,16-17,25H,2,12-15,18-19H2,1H3,(H,32,36). The number of hydrogen-bond acceptors (Lipinski definition) is 5. The van der Waals surface area contributed by atoms with Crippen LogP contribution in [0, 0.1) is 0 Å². The molecule has 2 aromatic heterocycles. The third-order valence-corrected chi connectivity index (χ3v) is 6.99. The quantitative estimate of drug-likeness (QED) is 0.291. The highest BCUT2D eigenvalue weighted by Gasteiger charge is 2.21. The lowest BCUT2D eigenvalue weighted by atomic mass is 10.1. The van der Waals surface area contributed by atoms with Gasteiger partial charge in [-0.15, -0.1) is 0 Å². The fourth-order valence-electron chi connectivity index (χ4n) is 4.75. The second-order valence-corrected chi connectivity index (χ2v) is 9.65. The first kappa shape index (κ1) is 25.9. The number of alkyl halides is 1. The van der Waals surface area contributed by atoms with Gasteiger partial charge in [0.25, 0.3) is 5.91 Å². The number of imidazole rings is 1. The van der Waals surface area contributed by atoms with E-state index < -0.39 is 6.86 Å². The Hall–Kier alpha value is -3.78. The second kappa shape index (κ2) is 11.7. The van der Waals surface area contributed by atoms with Gasteiger partial charge in [-0.1, -0.05) is 30.7 Å². The number of carbonyl (C=O) groups is 1. The van der Waals surface area contributed by atoms with Crippen LogP contribution in [0.5, 0.6) is 11.5 Å². The molecule has 1 fully saturated rings.